The van der Waals surface area contributed by atoms with E-state index in [-0.39, 0.29) is 24.4 Å². The van der Waals surface area contributed by atoms with E-state index in [9.17, 15) is 9.59 Å². The van der Waals surface area contributed by atoms with Crippen molar-refractivity contribution in [3.63, 3.8) is 0 Å². The van der Waals surface area contributed by atoms with Crippen LogP contribution in [0, 0.1) is 0 Å². The molecule has 1 saturated heterocycles. The van der Waals surface area contributed by atoms with E-state index >= 15 is 0 Å². The molecule has 1 aromatic rings. The second kappa shape index (κ2) is 5.84. The number of nitrogens with one attached hydrogen (secondary N) is 1. The second-order valence-electron chi connectivity index (χ2n) is 4.73. The highest BCUT2D eigenvalue weighted by Crippen LogP contribution is 2.23. The smallest absolute Gasteiger partial charge is 0.234 e. The average Bonchev–Trinajstić information content (AvgIpc) is 2.85. The van der Waals surface area contributed by atoms with Gasteiger partial charge in [0.15, 0.2) is 0 Å². The first kappa shape index (κ1) is 13.5. The number of hydrogen-bond donors (Lipinski definition) is 2. The van der Waals surface area contributed by atoms with Crippen molar-refractivity contribution in [3.8, 4) is 0 Å². The van der Waals surface area contributed by atoms with Crippen molar-refractivity contribution < 1.29 is 9.59 Å². The number of carbonyl (C=O) groups is 2. The molecule has 2 amide bonds. The van der Waals surface area contributed by atoms with Crippen LogP contribution in [-0.4, -0.2) is 24.9 Å². The highest BCUT2D eigenvalue weighted by Gasteiger charge is 2.21. The van der Waals surface area contributed by atoms with Gasteiger partial charge in [0.2, 0.25) is 11.8 Å². The van der Waals surface area contributed by atoms with Crippen LogP contribution in [0.4, 0.5) is 5.69 Å². The van der Waals surface area contributed by atoms with Crippen LogP contribution >= 0.6 is 0 Å². The number of nitrogens with zero attached hydrogens (tertiary/aromatic N) is 1. The summed E-state index contributed by atoms with van der Waals surface area (Å²) in [6.45, 7) is 2.69. The molecule has 1 aliphatic rings. The van der Waals surface area contributed by atoms with E-state index in [0.29, 0.717) is 6.42 Å². The van der Waals surface area contributed by atoms with Crippen molar-refractivity contribution in [1.82, 2.24) is 5.32 Å². The summed E-state index contributed by atoms with van der Waals surface area (Å²) in [4.78, 5) is 24.7. The van der Waals surface area contributed by atoms with Crippen LogP contribution < -0.4 is 16.0 Å². The van der Waals surface area contributed by atoms with Gasteiger partial charge in [-0.05, 0) is 31.0 Å². The predicted molar refractivity (Wildman–Crippen MR) is 73.6 cm³/mol. The highest BCUT2D eigenvalue weighted by molar-refractivity contribution is 5.95. The minimum absolute atomic E-state index is 0.00922. The number of hydrogen-bond acceptors (Lipinski definition) is 3. The third-order valence-electron chi connectivity index (χ3n) is 3.34. The topological polar surface area (TPSA) is 75.4 Å². The van der Waals surface area contributed by atoms with E-state index < -0.39 is 0 Å². The lowest BCUT2D eigenvalue weighted by Crippen LogP contribution is -2.32. The molecular weight excluding hydrogens is 242 g/mol. The van der Waals surface area contributed by atoms with Crippen LogP contribution in [0.25, 0.3) is 0 Å². The van der Waals surface area contributed by atoms with Gasteiger partial charge in [-0.3, -0.25) is 9.59 Å². The molecule has 0 aliphatic carbocycles. The normalized spacial score (nSPS) is 16.5. The molecule has 1 unspecified atom stereocenters. The Hall–Kier alpha value is -1.88. The molecule has 0 saturated carbocycles. The maximum Gasteiger partial charge on any atom is 0.234 e. The molecule has 1 aromatic carbocycles. The highest BCUT2D eigenvalue weighted by atomic mass is 16.2. The number of amides is 2. The molecule has 1 aliphatic heterocycles. The first-order chi connectivity index (χ1) is 9.11. The van der Waals surface area contributed by atoms with Crippen LogP contribution in [0.2, 0.25) is 0 Å². The standard InChI is InChI=1S/C14H19N3O2/c1-10(16-13(18)9-15)11-4-6-12(7-5-11)17-8-2-3-14(17)19/h4-7,10H,2-3,8-9,15H2,1H3,(H,16,18). The number of benzene rings is 1. The van der Waals surface area contributed by atoms with Crippen LogP contribution in [0.5, 0.6) is 0 Å². The molecule has 1 atom stereocenters. The van der Waals surface area contributed by atoms with Gasteiger partial charge in [-0.15, -0.1) is 0 Å². The Kier molecular flexibility index (Phi) is 4.16. The Morgan fingerprint density at radius 3 is 2.63 bits per heavy atom. The van der Waals surface area contributed by atoms with Crippen LogP contribution in [0.15, 0.2) is 24.3 Å². The van der Waals surface area contributed by atoms with E-state index in [0.717, 1.165) is 24.2 Å². The van der Waals surface area contributed by atoms with E-state index in [4.69, 9.17) is 5.73 Å². The first-order valence-corrected chi connectivity index (χ1v) is 6.51. The molecule has 5 nitrogen and oxygen atoms in total. The van der Waals surface area contributed by atoms with Crippen molar-refractivity contribution in [2.24, 2.45) is 5.73 Å². The Balaban J connectivity index is 2.05. The largest absolute Gasteiger partial charge is 0.348 e. The summed E-state index contributed by atoms with van der Waals surface area (Å²) in [5.41, 5.74) is 7.18. The maximum atomic E-state index is 11.6. The molecule has 3 N–H and O–H groups in total. The quantitative estimate of drug-likeness (QED) is 0.847. The molecule has 0 aromatic heterocycles. The van der Waals surface area contributed by atoms with Crippen LogP contribution in [-0.2, 0) is 9.59 Å². The monoisotopic (exact) mass is 261 g/mol. The van der Waals surface area contributed by atoms with Crippen molar-refractivity contribution in [2.75, 3.05) is 18.0 Å². The number of carbonyl (C=O) groups excluding carboxylic acids is 2. The fourth-order valence-electron chi connectivity index (χ4n) is 2.25. The summed E-state index contributed by atoms with van der Waals surface area (Å²) < 4.78 is 0. The molecule has 0 spiro atoms. The summed E-state index contributed by atoms with van der Waals surface area (Å²) in [5, 5.41) is 2.80. The molecule has 1 heterocycles. The molecule has 19 heavy (non-hydrogen) atoms. The predicted octanol–water partition coefficient (Wildman–Crippen LogP) is 0.949. The summed E-state index contributed by atoms with van der Waals surface area (Å²) in [7, 11) is 0. The Morgan fingerprint density at radius 1 is 1.42 bits per heavy atom. The first-order valence-electron chi connectivity index (χ1n) is 6.51. The molecular formula is C14H19N3O2. The molecule has 0 bridgehead atoms. The van der Waals surface area contributed by atoms with Gasteiger partial charge in [0.1, 0.15) is 0 Å². The Labute approximate surface area is 112 Å². The lowest BCUT2D eigenvalue weighted by Gasteiger charge is -2.18. The zero-order chi connectivity index (χ0) is 13.8. The maximum absolute atomic E-state index is 11.6. The average molecular weight is 261 g/mol. The van der Waals surface area contributed by atoms with Gasteiger partial charge in [-0.25, -0.2) is 0 Å². The van der Waals surface area contributed by atoms with Crippen molar-refractivity contribution in [1.29, 1.82) is 0 Å². The van der Waals surface area contributed by atoms with E-state index in [1.807, 2.05) is 31.2 Å². The molecule has 102 valence electrons. The number of rotatable bonds is 4. The summed E-state index contributed by atoms with van der Waals surface area (Å²) in [6.07, 6.45) is 1.55. The van der Waals surface area contributed by atoms with Gasteiger partial charge >= 0.3 is 0 Å². The zero-order valence-corrected chi connectivity index (χ0v) is 11.1. The van der Waals surface area contributed by atoms with Gasteiger partial charge in [0.05, 0.1) is 12.6 Å². The summed E-state index contributed by atoms with van der Waals surface area (Å²) >= 11 is 0. The fourth-order valence-corrected chi connectivity index (χ4v) is 2.25. The molecule has 0 radical (unpaired) electrons. The van der Waals surface area contributed by atoms with Gasteiger partial charge in [-0.1, -0.05) is 12.1 Å². The third-order valence-corrected chi connectivity index (χ3v) is 3.34. The number of nitrogens with two attached hydrogens (primary N) is 1. The zero-order valence-electron chi connectivity index (χ0n) is 11.1. The molecule has 5 heteroatoms. The minimum Gasteiger partial charge on any atom is -0.348 e. The fraction of sp³-hybridized carbons (Fsp3) is 0.429. The molecule has 1 fully saturated rings. The van der Waals surface area contributed by atoms with Crippen molar-refractivity contribution in [2.45, 2.75) is 25.8 Å². The minimum atomic E-state index is -0.175. The van der Waals surface area contributed by atoms with Crippen molar-refractivity contribution in [3.05, 3.63) is 29.8 Å². The third kappa shape index (κ3) is 3.12. The van der Waals surface area contributed by atoms with Gasteiger partial charge in [0.25, 0.3) is 0 Å². The summed E-state index contributed by atoms with van der Waals surface area (Å²) in [5.74, 6) is 0.00327. The van der Waals surface area contributed by atoms with E-state index in [2.05, 4.69) is 5.32 Å². The van der Waals surface area contributed by atoms with E-state index in [1.54, 1.807) is 4.90 Å². The van der Waals surface area contributed by atoms with Crippen LogP contribution in [0.3, 0.4) is 0 Å². The lowest BCUT2D eigenvalue weighted by molar-refractivity contribution is -0.120. The van der Waals surface area contributed by atoms with Crippen molar-refractivity contribution >= 4 is 17.5 Å². The lowest BCUT2D eigenvalue weighted by atomic mass is 10.1. The van der Waals surface area contributed by atoms with Gasteiger partial charge in [0, 0.05) is 18.7 Å². The van der Waals surface area contributed by atoms with Crippen LogP contribution in [0.1, 0.15) is 31.4 Å². The van der Waals surface area contributed by atoms with Gasteiger partial charge < -0.3 is 16.0 Å². The molecule has 2 rings (SSSR count). The Morgan fingerprint density at radius 2 is 2.11 bits per heavy atom. The summed E-state index contributed by atoms with van der Waals surface area (Å²) in [6, 6.07) is 7.62. The number of anilines is 1. The second-order valence-corrected chi connectivity index (χ2v) is 4.73. The van der Waals surface area contributed by atoms with E-state index in [1.165, 1.54) is 0 Å². The Bertz CT molecular complexity index is 470. The SMILES string of the molecule is CC(NC(=O)CN)c1ccc(N2CCCC2=O)cc1. The van der Waals surface area contributed by atoms with Gasteiger partial charge in [-0.2, -0.15) is 0 Å².